The van der Waals surface area contributed by atoms with Crippen LogP contribution in [-0.2, 0) is 11.2 Å². The number of rotatable bonds is 5. The number of piperazine rings is 1. The van der Waals surface area contributed by atoms with Gasteiger partial charge >= 0.3 is 0 Å². The number of pyridine rings is 1. The lowest BCUT2D eigenvalue weighted by Crippen LogP contribution is -2.56. The van der Waals surface area contributed by atoms with E-state index in [4.69, 9.17) is 0 Å². The first-order valence-electron chi connectivity index (χ1n) is 7.69. The maximum atomic E-state index is 12.4. The molecule has 1 amide bonds. The molecule has 0 bridgehead atoms. The van der Waals surface area contributed by atoms with Crippen LogP contribution in [0.2, 0.25) is 0 Å². The second-order valence-corrected chi connectivity index (χ2v) is 5.78. The van der Waals surface area contributed by atoms with Gasteiger partial charge in [0.1, 0.15) is 0 Å². The molecule has 0 radical (unpaired) electrons. The summed E-state index contributed by atoms with van der Waals surface area (Å²) >= 11 is 0. The minimum Gasteiger partial charge on any atom is -0.392 e. The van der Waals surface area contributed by atoms with Gasteiger partial charge in [-0.1, -0.05) is 6.92 Å². The molecule has 116 valence electrons. The number of amides is 1. The van der Waals surface area contributed by atoms with Crippen LogP contribution in [0.25, 0.3) is 0 Å². The molecule has 5 nitrogen and oxygen atoms in total. The third-order valence-electron chi connectivity index (χ3n) is 4.03. The van der Waals surface area contributed by atoms with E-state index in [2.05, 4.69) is 16.8 Å². The smallest absolute Gasteiger partial charge is 0.227 e. The number of nitrogens with zero attached hydrogens (tertiary/aromatic N) is 3. The maximum Gasteiger partial charge on any atom is 0.227 e. The Labute approximate surface area is 126 Å². The molecule has 1 saturated heterocycles. The molecule has 2 rings (SSSR count). The van der Waals surface area contributed by atoms with E-state index in [1.807, 2.05) is 24.0 Å². The predicted octanol–water partition coefficient (Wildman–Crippen LogP) is 0.928. The van der Waals surface area contributed by atoms with Crippen LogP contribution in [0.4, 0.5) is 0 Å². The van der Waals surface area contributed by atoms with E-state index < -0.39 is 0 Å². The number of hydrogen-bond acceptors (Lipinski definition) is 4. The molecule has 0 saturated carbocycles. The average molecular weight is 291 g/mol. The average Bonchev–Trinajstić information content (AvgIpc) is 2.48. The molecule has 2 atom stereocenters. The van der Waals surface area contributed by atoms with Crippen LogP contribution in [0.3, 0.4) is 0 Å². The predicted molar refractivity (Wildman–Crippen MR) is 81.9 cm³/mol. The number of hydrogen-bond donors (Lipinski definition) is 1. The fourth-order valence-corrected chi connectivity index (χ4v) is 2.87. The Hall–Kier alpha value is -1.46. The lowest BCUT2D eigenvalue weighted by molar-refractivity contribution is -0.133. The Kier molecular flexibility index (Phi) is 5.70. The van der Waals surface area contributed by atoms with Gasteiger partial charge < -0.3 is 10.0 Å². The molecule has 5 heteroatoms. The Morgan fingerprint density at radius 1 is 1.43 bits per heavy atom. The van der Waals surface area contributed by atoms with Gasteiger partial charge in [0.05, 0.1) is 12.5 Å². The van der Waals surface area contributed by atoms with Crippen molar-refractivity contribution in [3.63, 3.8) is 0 Å². The van der Waals surface area contributed by atoms with E-state index in [0.717, 1.165) is 31.6 Å². The maximum absolute atomic E-state index is 12.4. The van der Waals surface area contributed by atoms with E-state index >= 15 is 0 Å². The van der Waals surface area contributed by atoms with Crippen LogP contribution in [0.15, 0.2) is 24.5 Å². The quantitative estimate of drug-likeness (QED) is 0.877. The summed E-state index contributed by atoms with van der Waals surface area (Å²) in [7, 11) is 0. The summed E-state index contributed by atoms with van der Waals surface area (Å²) in [5.74, 6) is 0.177. The van der Waals surface area contributed by atoms with Crippen molar-refractivity contribution in [2.24, 2.45) is 0 Å². The van der Waals surface area contributed by atoms with Crippen molar-refractivity contribution in [3.05, 3.63) is 30.1 Å². The zero-order chi connectivity index (χ0) is 15.2. The second kappa shape index (κ2) is 7.52. The highest BCUT2D eigenvalue weighted by molar-refractivity contribution is 5.78. The van der Waals surface area contributed by atoms with Gasteiger partial charge in [0.25, 0.3) is 0 Å². The largest absolute Gasteiger partial charge is 0.392 e. The highest BCUT2D eigenvalue weighted by atomic mass is 16.3. The highest BCUT2D eigenvalue weighted by Gasteiger charge is 2.28. The summed E-state index contributed by atoms with van der Waals surface area (Å²) in [6.45, 7) is 6.97. The van der Waals surface area contributed by atoms with Crippen LogP contribution in [0.5, 0.6) is 0 Å². The van der Waals surface area contributed by atoms with Crippen molar-refractivity contribution in [2.45, 2.75) is 38.8 Å². The van der Waals surface area contributed by atoms with E-state index in [9.17, 15) is 9.90 Å². The molecule has 2 unspecified atom stereocenters. The fourth-order valence-electron chi connectivity index (χ4n) is 2.87. The number of carbonyl (C=O) groups is 1. The van der Waals surface area contributed by atoms with Gasteiger partial charge in [-0.2, -0.15) is 0 Å². The lowest BCUT2D eigenvalue weighted by Gasteiger charge is -2.41. The van der Waals surface area contributed by atoms with Crippen molar-refractivity contribution >= 4 is 5.91 Å². The van der Waals surface area contributed by atoms with Crippen LogP contribution in [-0.4, -0.2) is 64.1 Å². The zero-order valence-corrected chi connectivity index (χ0v) is 12.9. The first-order valence-corrected chi connectivity index (χ1v) is 7.69. The molecule has 1 aliphatic rings. The van der Waals surface area contributed by atoms with E-state index in [0.29, 0.717) is 19.0 Å². The van der Waals surface area contributed by atoms with Crippen LogP contribution in [0.1, 0.15) is 25.8 Å². The second-order valence-electron chi connectivity index (χ2n) is 5.78. The third-order valence-corrected chi connectivity index (χ3v) is 4.03. The standard InChI is InChI=1S/C16H25N3O2/c1-3-15-12-19(9-8-18(15)11-13(2)20)16(21)10-14-4-6-17-7-5-14/h4-7,13,15,20H,3,8-12H2,1-2H3. The number of aliphatic hydroxyl groups is 1. The van der Waals surface area contributed by atoms with Crippen LogP contribution in [0, 0.1) is 0 Å². The van der Waals surface area contributed by atoms with Crippen molar-refractivity contribution in [1.82, 2.24) is 14.8 Å². The SMILES string of the molecule is CCC1CN(C(=O)Cc2ccncc2)CCN1CC(C)O. The van der Waals surface area contributed by atoms with Gasteiger partial charge in [0.15, 0.2) is 0 Å². The number of aliphatic hydroxyl groups excluding tert-OH is 1. The number of aromatic nitrogens is 1. The Balaban J connectivity index is 1.92. The molecule has 0 spiro atoms. The van der Waals surface area contributed by atoms with Crippen molar-refractivity contribution < 1.29 is 9.90 Å². The summed E-state index contributed by atoms with van der Waals surface area (Å²) < 4.78 is 0. The normalized spacial score (nSPS) is 21.3. The van der Waals surface area contributed by atoms with Gasteiger partial charge in [-0.25, -0.2) is 0 Å². The molecule has 1 aliphatic heterocycles. The zero-order valence-electron chi connectivity index (χ0n) is 12.9. The minimum absolute atomic E-state index is 0.177. The fraction of sp³-hybridized carbons (Fsp3) is 0.625. The van der Waals surface area contributed by atoms with Gasteiger partial charge in [0, 0.05) is 44.6 Å². The van der Waals surface area contributed by atoms with Crippen molar-refractivity contribution in [2.75, 3.05) is 26.2 Å². The first-order chi connectivity index (χ1) is 10.1. The van der Waals surface area contributed by atoms with Crippen LogP contribution < -0.4 is 0 Å². The molecule has 0 aromatic carbocycles. The van der Waals surface area contributed by atoms with Gasteiger partial charge in [-0.3, -0.25) is 14.7 Å². The Morgan fingerprint density at radius 3 is 2.76 bits per heavy atom. The highest BCUT2D eigenvalue weighted by Crippen LogP contribution is 2.14. The van der Waals surface area contributed by atoms with Gasteiger partial charge in [-0.15, -0.1) is 0 Å². The molecule has 1 fully saturated rings. The molecule has 1 aromatic rings. The van der Waals surface area contributed by atoms with Crippen molar-refractivity contribution in [1.29, 1.82) is 0 Å². The molecule has 1 N–H and O–H groups in total. The Morgan fingerprint density at radius 2 is 2.14 bits per heavy atom. The van der Waals surface area contributed by atoms with Gasteiger partial charge in [-0.05, 0) is 31.0 Å². The minimum atomic E-state index is -0.321. The molecule has 21 heavy (non-hydrogen) atoms. The number of β-amino-alcohol motifs (C(OH)–C–C–N with tert-alkyl or cyclic N) is 1. The van der Waals surface area contributed by atoms with E-state index in [1.165, 1.54) is 0 Å². The monoisotopic (exact) mass is 291 g/mol. The molecule has 0 aliphatic carbocycles. The summed E-state index contributed by atoms with van der Waals surface area (Å²) in [5.41, 5.74) is 1.01. The summed E-state index contributed by atoms with van der Waals surface area (Å²) in [6, 6.07) is 4.12. The Bertz CT molecular complexity index is 450. The summed E-state index contributed by atoms with van der Waals surface area (Å²) in [5, 5.41) is 9.56. The number of carbonyl (C=O) groups excluding carboxylic acids is 1. The van der Waals surface area contributed by atoms with Gasteiger partial charge in [0.2, 0.25) is 5.91 Å². The first kappa shape index (κ1) is 15.9. The lowest BCUT2D eigenvalue weighted by atomic mass is 10.1. The summed E-state index contributed by atoms with van der Waals surface area (Å²) in [4.78, 5) is 20.6. The molecular weight excluding hydrogens is 266 g/mol. The molecule has 2 heterocycles. The topological polar surface area (TPSA) is 56.7 Å². The van der Waals surface area contributed by atoms with E-state index in [1.54, 1.807) is 12.4 Å². The molecule has 1 aromatic heterocycles. The third kappa shape index (κ3) is 4.51. The summed E-state index contributed by atoms with van der Waals surface area (Å²) in [6.07, 6.45) is 4.55. The van der Waals surface area contributed by atoms with E-state index in [-0.39, 0.29) is 12.0 Å². The molecular formula is C16H25N3O2. The van der Waals surface area contributed by atoms with Crippen LogP contribution >= 0.6 is 0 Å². The van der Waals surface area contributed by atoms with Crippen molar-refractivity contribution in [3.8, 4) is 0 Å².